The van der Waals surface area contributed by atoms with E-state index >= 15 is 0 Å². The van der Waals surface area contributed by atoms with E-state index in [1.165, 1.54) is 0 Å². The Balaban J connectivity index is 2.50. The zero-order chi connectivity index (χ0) is 11.4. The van der Waals surface area contributed by atoms with Crippen molar-refractivity contribution in [2.75, 3.05) is 6.61 Å². The van der Waals surface area contributed by atoms with Gasteiger partial charge in [-0.05, 0) is 19.8 Å². The number of hydrogen-bond donors (Lipinski definition) is 2. The third-order valence-electron chi connectivity index (χ3n) is 2.77. The summed E-state index contributed by atoms with van der Waals surface area (Å²) < 4.78 is 5.36. The van der Waals surface area contributed by atoms with Gasteiger partial charge in [-0.15, -0.1) is 0 Å². The number of amides is 1. The van der Waals surface area contributed by atoms with E-state index in [0.717, 1.165) is 6.42 Å². The molecule has 0 radical (unpaired) electrons. The molecular formula is C10H18N2O2S. The molecule has 1 rings (SSSR count). The molecule has 0 bridgehead atoms. The Hall–Kier alpha value is -0.680. The van der Waals surface area contributed by atoms with Gasteiger partial charge in [0.1, 0.15) is 0 Å². The third-order valence-corrected chi connectivity index (χ3v) is 3.06. The van der Waals surface area contributed by atoms with Crippen LogP contribution in [0.25, 0.3) is 0 Å². The Morgan fingerprint density at radius 2 is 2.40 bits per heavy atom. The van der Waals surface area contributed by atoms with Crippen LogP contribution in [-0.4, -0.2) is 29.6 Å². The summed E-state index contributed by atoms with van der Waals surface area (Å²) in [5, 5.41) is 2.93. The van der Waals surface area contributed by atoms with Crippen LogP contribution in [0.4, 0.5) is 0 Å². The van der Waals surface area contributed by atoms with Crippen LogP contribution in [-0.2, 0) is 9.53 Å². The average Bonchev–Trinajstić information content (AvgIpc) is 2.52. The van der Waals surface area contributed by atoms with Gasteiger partial charge in [-0.3, -0.25) is 4.79 Å². The van der Waals surface area contributed by atoms with Crippen molar-refractivity contribution in [1.82, 2.24) is 5.32 Å². The monoisotopic (exact) mass is 230 g/mol. The molecule has 0 aromatic carbocycles. The van der Waals surface area contributed by atoms with Crippen molar-refractivity contribution >= 4 is 23.1 Å². The molecule has 3 unspecified atom stereocenters. The normalized spacial score (nSPS) is 27.3. The molecule has 1 fully saturated rings. The van der Waals surface area contributed by atoms with E-state index in [-0.39, 0.29) is 29.0 Å². The van der Waals surface area contributed by atoms with Gasteiger partial charge in [0, 0.05) is 6.61 Å². The first-order valence-electron chi connectivity index (χ1n) is 5.27. The van der Waals surface area contributed by atoms with Gasteiger partial charge in [-0.1, -0.05) is 19.1 Å². The lowest BCUT2D eigenvalue weighted by Crippen LogP contribution is -2.45. The minimum absolute atomic E-state index is 0.0765. The SMILES string of the molecule is CCC(C(=O)NC1CCOC1C)C(N)=S. The van der Waals surface area contributed by atoms with E-state index in [4.69, 9.17) is 22.7 Å². The predicted octanol–water partition coefficient (Wildman–Crippen LogP) is 0.592. The molecule has 1 aliphatic heterocycles. The molecule has 0 spiro atoms. The van der Waals surface area contributed by atoms with Gasteiger partial charge in [-0.25, -0.2) is 0 Å². The van der Waals surface area contributed by atoms with Gasteiger partial charge in [-0.2, -0.15) is 0 Å². The summed E-state index contributed by atoms with van der Waals surface area (Å²) in [5.74, 6) is -0.430. The molecule has 15 heavy (non-hydrogen) atoms. The number of ether oxygens (including phenoxy) is 1. The molecule has 1 aliphatic rings. The second-order valence-electron chi connectivity index (χ2n) is 3.84. The van der Waals surface area contributed by atoms with E-state index in [1.807, 2.05) is 13.8 Å². The van der Waals surface area contributed by atoms with Crippen molar-refractivity contribution in [2.45, 2.75) is 38.8 Å². The van der Waals surface area contributed by atoms with Crippen molar-refractivity contribution in [3.8, 4) is 0 Å². The summed E-state index contributed by atoms with van der Waals surface area (Å²) in [6, 6.07) is 0.0981. The molecule has 5 heteroatoms. The number of nitrogens with one attached hydrogen (secondary N) is 1. The Morgan fingerprint density at radius 3 is 2.80 bits per heavy atom. The van der Waals surface area contributed by atoms with Gasteiger partial charge >= 0.3 is 0 Å². The highest BCUT2D eigenvalue weighted by atomic mass is 32.1. The lowest BCUT2D eigenvalue weighted by molar-refractivity contribution is -0.124. The smallest absolute Gasteiger partial charge is 0.230 e. The Labute approximate surface area is 95.5 Å². The average molecular weight is 230 g/mol. The topological polar surface area (TPSA) is 64.3 Å². The zero-order valence-electron chi connectivity index (χ0n) is 9.16. The van der Waals surface area contributed by atoms with Gasteiger partial charge < -0.3 is 15.8 Å². The summed E-state index contributed by atoms with van der Waals surface area (Å²) in [4.78, 5) is 12.0. The molecule has 1 saturated heterocycles. The lowest BCUT2D eigenvalue weighted by Gasteiger charge is -2.19. The third kappa shape index (κ3) is 3.14. The number of nitrogens with two attached hydrogens (primary N) is 1. The maximum atomic E-state index is 11.8. The van der Waals surface area contributed by atoms with E-state index in [0.29, 0.717) is 13.0 Å². The Kier molecular flexibility index (Phi) is 4.47. The first-order valence-corrected chi connectivity index (χ1v) is 5.68. The highest BCUT2D eigenvalue weighted by Crippen LogP contribution is 2.14. The van der Waals surface area contributed by atoms with Gasteiger partial charge in [0.15, 0.2) is 0 Å². The molecule has 0 saturated carbocycles. The molecule has 1 heterocycles. The first kappa shape index (κ1) is 12.4. The molecule has 3 N–H and O–H groups in total. The standard InChI is InChI=1S/C10H18N2O2S/c1-3-7(9(11)15)10(13)12-8-4-5-14-6(8)2/h6-8H,3-5H2,1-2H3,(H2,11,15)(H,12,13). The number of carbonyl (C=O) groups excluding carboxylic acids is 1. The Morgan fingerprint density at radius 1 is 1.73 bits per heavy atom. The molecule has 86 valence electrons. The summed E-state index contributed by atoms with van der Waals surface area (Å²) in [7, 11) is 0. The van der Waals surface area contributed by atoms with Crippen molar-refractivity contribution in [1.29, 1.82) is 0 Å². The second-order valence-corrected chi connectivity index (χ2v) is 4.31. The highest BCUT2D eigenvalue weighted by Gasteiger charge is 2.28. The Bertz CT molecular complexity index is 258. The van der Waals surface area contributed by atoms with Crippen molar-refractivity contribution in [3.63, 3.8) is 0 Å². The van der Waals surface area contributed by atoms with Crippen LogP contribution >= 0.6 is 12.2 Å². The molecule has 4 nitrogen and oxygen atoms in total. The molecule has 0 aromatic heterocycles. The fraction of sp³-hybridized carbons (Fsp3) is 0.800. The molecule has 0 aliphatic carbocycles. The van der Waals surface area contributed by atoms with Crippen molar-refractivity contribution < 1.29 is 9.53 Å². The fourth-order valence-electron chi connectivity index (χ4n) is 1.72. The number of thiocarbonyl (C=S) groups is 1. The van der Waals surface area contributed by atoms with Crippen LogP contribution in [0.3, 0.4) is 0 Å². The summed E-state index contributed by atoms with van der Waals surface area (Å²) in [6.45, 7) is 4.56. The molecule has 1 amide bonds. The molecule has 0 aromatic rings. The van der Waals surface area contributed by atoms with E-state index in [1.54, 1.807) is 0 Å². The van der Waals surface area contributed by atoms with Crippen molar-refractivity contribution in [3.05, 3.63) is 0 Å². The predicted molar refractivity (Wildman–Crippen MR) is 62.5 cm³/mol. The number of hydrogen-bond acceptors (Lipinski definition) is 3. The maximum Gasteiger partial charge on any atom is 0.230 e. The second kappa shape index (κ2) is 5.42. The summed E-state index contributed by atoms with van der Waals surface area (Å²) >= 11 is 4.85. The van der Waals surface area contributed by atoms with E-state index in [2.05, 4.69) is 5.32 Å². The van der Waals surface area contributed by atoms with Crippen LogP contribution in [0.1, 0.15) is 26.7 Å². The van der Waals surface area contributed by atoms with Gasteiger partial charge in [0.2, 0.25) is 5.91 Å². The quantitative estimate of drug-likeness (QED) is 0.694. The fourth-order valence-corrected chi connectivity index (χ4v) is 1.99. The van der Waals surface area contributed by atoms with E-state index in [9.17, 15) is 4.79 Å². The summed E-state index contributed by atoms with van der Waals surface area (Å²) in [6.07, 6.45) is 1.59. The van der Waals surface area contributed by atoms with Crippen LogP contribution in [0, 0.1) is 5.92 Å². The van der Waals surface area contributed by atoms with Crippen LogP contribution in [0.2, 0.25) is 0 Å². The van der Waals surface area contributed by atoms with Crippen LogP contribution in [0.5, 0.6) is 0 Å². The number of carbonyl (C=O) groups is 1. The van der Waals surface area contributed by atoms with Crippen LogP contribution in [0.15, 0.2) is 0 Å². The number of rotatable bonds is 4. The largest absolute Gasteiger partial charge is 0.393 e. The lowest BCUT2D eigenvalue weighted by atomic mass is 10.0. The van der Waals surface area contributed by atoms with Crippen LogP contribution < -0.4 is 11.1 Å². The highest BCUT2D eigenvalue weighted by molar-refractivity contribution is 7.80. The van der Waals surface area contributed by atoms with Gasteiger partial charge in [0.25, 0.3) is 0 Å². The molecular weight excluding hydrogens is 212 g/mol. The van der Waals surface area contributed by atoms with Gasteiger partial charge in [0.05, 0.1) is 23.1 Å². The summed E-state index contributed by atoms with van der Waals surface area (Å²) in [5.41, 5.74) is 5.50. The molecule has 3 atom stereocenters. The van der Waals surface area contributed by atoms with E-state index < -0.39 is 0 Å². The minimum atomic E-state index is -0.354. The first-order chi connectivity index (χ1) is 7.06. The van der Waals surface area contributed by atoms with Crippen molar-refractivity contribution in [2.24, 2.45) is 11.7 Å². The maximum absolute atomic E-state index is 11.8. The zero-order valence-corrected chi connectivity index (χ0v) is 9.97. The minimum Gasteiger partial charge on any atom is -0.393 e.